The van der Waals surface area contributed by atoms with Crippen molar-refractivity contribution in [3.63, 3.8) is 0 Å². The average molecular weight is 489 g/mol. The van der Waals surface area contributed by atoms with Crippen molar-refractivity contribution in [3.8, 4) is 0 Å². The maximum Gasteiger partial charge on any atom is 0.280 e. The molecule has 0 bridgehead atoms. The molecule has 6 nitrogen and oxygen atoms in total. The lowest BCUT2D eigenvalue weighted by atomic mass is 9.92. The van der Waals surface area contributed by atoms with Gasteiger partial charge in [0.1, 0.15) is 0 Å². The third kappa shape index (κ3) is 5.97. The number of carbonyl (C=O) groups excluding carboxylic acids is 2. The van der Waals surface area contributed by atoms with E-state index in [0.717, 1.165) is 17.8 Å². The van der Waals surface area contributed by atoms with Crippen LogP contribution in [0.15, 0.2) is 66.2 Å². The van der Waals surface area contributed by atoms with Gasteiger partial charge in [0.15, 0.2) is 5.01 Å². The summed E-state index contributed by atoms with van der Waals surface area (Å²) in [5.41, 5.74) is 3.37. The lowest BCUT2D eigenvalue weighted by Crippen LogP contribution is -2.43. The zero-order valence-electron chi connectivity index (χ0n) is 19.9. The summed E-state index contributed by atoms with van der Waals surface area (Å²) in [7, 11) is 0. The summed E-state index contributed by atoms with van der Waals surface area (Å²) < 4.78 is 0. The van der Waals surface area contributed by atoms with Gasteiger partial charge in [-0.1, -0.05) is 48.9 Å². The fourth-order valence-electron chi connectivity index (χ4n) is 5.18. The van der Waals surface area contributed by atoms with Crippen molar-refractivity contribution in [3.05, 3.63) is 82.3 Å². The van der Waals surface area contributed by atoms with E-state index in [9.17, 15) is 9.59 Å². The molecule has 2 saturated heterocycles. The smallest absolute Gasteiger partial charge is 0.280 e. The van der Waals surface area contributed by atoms with E-state index in [-0.39, 0.29) is 23.8 Å². The van der Waals surface area contributed by atoms with Crippen LogP contribution in [0.5, 0.6) is 0 Å². The fraction of sp³-hybridized carbons (Fsp3) is 0.393. The van der Waals surface area contributed by atoms with Crippen LogP contribution in [0.4, 0.5) is 5.69 Å². The van der Waals surface area contributed by atoms with Crippen LogP contribution in [0.25, 0.3) is 0 Å². The van der Waals surface area contributed by atoms with Crippen molar-refractivity contribution in [1.29, 1.82) is 0 Å². The number of likely N-dealkylation sites (tertiary alicyclic amines) is 1. The number of hydrogen-bond acceptors (Lipinski definition) is 5. The first kappa shape index (κ1) is 23.7. The van der Waals surface area contributed by atoms with E-state index in [0.29, 0.717) is 24.4 Å². The van der Waals surface area contributed by atoms with Crippen LogP contribution < -0.4 is 10.2 Å². The molecule has 0 spiro atoms. The number of nitrogens with zero attached hydrogens (tertiary/aromatic N) is 3. The normalized spacial score (nSPS) is 19.6. The number of carbonyl (C=O) groups is 2. The van der Waals surface area contributed by atoms with Gasteiger partial charge in [0.25, 0.3) is 5.91 Å². The van der Waals surface area contributed by atoms with Gasteiger partial charge in [-0.25, -0.2) is 4.98 Å². The van der Waals surface area contributed by atoms with Gasteiger partial charge in [-0.2, -0.15) is 0 Å². The number of thiazole rings is 1. The van der Waals surface area contributed by atoms with E-state index in [1.54, 1.807) is 11.6 Å². The molecule has 1 aromatic heterocycles. The van der Waals surface area contributed by atoms with Crippen LogP contribution in [0.1, 0.15) is 46.6 Å². The molecule has 2 fully saturated rings. The monoisotopic (exact) mass is 488 g/mol. The van der Waals surface area contributed by atoms with Crippen LogP contribution in [0.3, 0.4) is 0 Å². The molecule has 1 N–H and O–H groups in total. The first-order valence-electron chi connectivity index (χ1n) is 12.5. The van der Waals surface area contributed by atoms with E-state index < -0.39 is 0 Å². The van der Waals surface area contributed by atoms with Crippen molar-refractivity contribution in [2.24, 2.45) is 5.92 Å². The molecular formula is C28H32N4O2S. The Morgan fingerprint density at radius 3 is 2.51 bits per heavy atom. The molecule has 2 aliphatic heterocycles. The highest BCUT2D eigenvalue weighted by atomic mass is 32.1. The van der Waals surface area contributed by atoms with E-state index in [2.05, 4.69) is 51.6 Å². The molecule has 2 unspecified atom stereocenters. The van der Waals surface area contributed by atoms with Gasteiger partial charge in [-0.15, -0.1) is 11.3 Å². The molecule has 0 saturated carbocycles. The Bertz CT molecular complexity index is 1110. The second-order valence-electron chi connectivity index (χ2n) is 9.58. The summed E-state index contributed by atoms with van der Waals surface area (Å²) in [5, 5.41) is 5.44. The van der Waals surface area contributed by atoms with Crippen LogP contribution in [0.2, 0.25) is 0 Å². The topological polar surface area (TPSA) is 65.5 Å². The second-order valence-corrected chi connectivity index (χ2v) is 10.5. The molecule has 7 heteroatoms. The Morgan fingerprint density at radius 2 is 1.80 bits per heavy atom. The summed E-state index contributed by atoms with van der Waals surface area (Å²) in [5.74, 6) is -0.0334. The first-order valence-corrected chi connectivity index (χ1v) is 13.4. The van der Waals surface area contributed by atoms with Crippen LogP contribution >= 0.6 is 11.3 Å². The lowest BCUT2D eigenvalue weighted by molar-refractivity contribution is -0.117. The molecule has 2 aliphatic rings. The maximum atomic E-state index is 13.1. The van der Waals surface area contributed by atoms with Crippen molar-refractivity contribution in [2.75, 3.05) is 24.5 Å². The minimum atomic E-state index is -0.172. The number of benzene rings is 2. The van der Waals surface area contributed by atoms with Crippen molar-refractivity contribution < 1.29 is 9.59 Å². The summed E-state index contributed by atoms with van der Waals surface area (Å²) >= 11 is 1.33. The zero-order valence-corrected chi connectivity index (χ0v) is 20.8. The minimum Gasteiger partial charge on any atom is -0.347 e. The number of hydrogen-bond donors (Lipinski definition) is 1. The van der Waals surface area contributed by atoms with Crippen LogP contribution in [-0.2, 0) is 17.8 Å². The van der Waals surface area contributed by atoms with Crippen molar-refractivity contribution in [2.45, 2.75) is 44.7 Å². The molecule has 3 aromatic rings. The van der Waals surface area contributed by atoms with Gasteiger partial charge in [-0.05, 0) is 55.6 Å². The molecule has 3 heterocycles. The standard InChI is InChI=1S/C28H32N4O2S/c33-26-18-23(20-32(26)24-11-9-22(10-12-24)19-31-14-5-2-6-15-31)25(17-21-7-3-1-4-8-21)30-27(34)28-29-13-16-35-28/h1,3-4,7-13,16,23,25H,2,5-6,14-15,17-20H2,(H,30,34). The molecule has 182 valence electrons. The number of anilines is 1. The second kappa shape index (κ2) is 11.1. The van der Waals surface area contributed by atoms with E-state index in [1.165, 1.54) is 49.3 Å². The molecular weight excluding hydrogens is 456 g/mol. The van der Waals surface area contributed by atoms with Gasteiger partial charge in [0, 0.05) is 48.7 Å². The van der Waals surface area contributed by atoms with E-state index in [1.807, 2.05) is 23.1 Å². The molecule has 0 radical (unpaired) electrons. The third-order valence-electron chi connectivity index (χ3n) is 7.07. The number of aromatic nitrogens is 1. The summed E-state index contributed by atoms with van der Waals surface area (Å²) in [6.45, 7) is 3.91. The summed E-state index contributed by atoms with van der Waals surface area (Å²) in [6, 6.07) is 18.4. The highest BCUT2D eigenvalue weighted by Crippen LogP contribution is 2.29. The average Bonchev–Trinajstić information content (AvgIpc) is 3.56. The maximum absolute atomic E-state index is 13.1. The third-order valence-corrected chi connectivity index (χ3v) is 7.84. The Morgan fingerprint density at radius 1 is 1.03 bits per heavy atom. The van der Waals surface area contributed by atoms with Gasteiger partial charge >= 0.3 is 0 Å². The first-order chi connectivity index (χ1) is 17.2. The Hall–Kier alpha value is -3.03. The summed E-state index contributed by atoms with van der Waals surface area (Å²) in [6.07, 6.45) is 6.64. The molecule has 2 aromatic carbocycles. The van der Waals surface area contributed by atoms with Crippen LogP contribution in [0, 0.1) is 5.92 Å². The Kier molecular flexibility index (Phi) is 7.54. The Labute approximate surface area is 211 Å². The van der Waals surface area contributed by atoms with E-state index >= 15 is 0 Å². The molecule has 2 atom stereocenters. The van der Waals surface area contributed by atoms with Crippen LogP contribution in [-0.4, -0.2) is 47.4 Å². The molecule has 2 amide bonds. The van der Waals surface area contributed by atoms with Gasteiger partial charge < -0.3 is 10.2 Å². The van der Waals surface area contributed by atoms with E-state index in [4.69, 9.17) is 0 Å². The minimum absolute atomic E-state index is 0.0274. The Balaban J connectivity index is 1.28. The molecule has 35 heavy (non-hydrogen) atoms. The number of piperidine rings is 1. The highest BCUT2D eigenvalue weighted by Gasteiger charge is 2.36. The number of rotatable bonds is 8. The molecule has 0 aliphatic carbocycles. The van der Waals surface area contributed by atoms with Gasteiger partial charge in [0.05, 0.1) is 0 Å². The predicted molar refractivity (Wildman–Crippen MR) is 140 cm³/mol. The number of nitrogens with one attached hydrogen (secondary N) is 1. The quantitative estimate of drug-likeness (QED) is 0.506. The SMILES string of the molecule is O=C(NC(Cc1ccccc1)C1CC(=O)N(c2ccc(CN3CCCCC3)cc2)C1)c1nccs1. The fourth-order valence-corrected chi connectivity index (χ4v) is 5.72. The lowest BCUT2D eigenvalue weighted by Gasteiger charge is -2.27. The van der Waals surface area contributed by atoms with Gasteiger partial charge in [-0.3, -0.25) is 14.5 Å². The van der Waals surface area contributed by atoms with Crippen molar-refractivity contribution >= 4 is 28.8 Å². The largest absolute Gasteiger partial charge is 0.347 e. The molecule has 5 rings (SSSR count). The van der Waals surface area contributed by atoms with Gasteiger partial charge in [0.2, 0.25) is 5.91 Å². The highest BCUT2D eigenvalue weighted by molar-refractivity contribution is 7.11. The summed E-state index contributed by atoms with van der Waals surface area (Å²) in [4.78, 5) is 34.4. The zero-order chi connectivity index (χ0) is 24.0. The number of amides is 2. The van der Waals surface area contributed by atoms with Crippen molar-refractivity contribution in [1.82, 2.24) is 15.2 Å². The predicted octanol–water partition coefficient (Wildman–Crippen LogP) is 4.52.